The van der Waals surface area contributed by atoms with E-state index in [1.54, 1.807) is 6.92 Å². The molecular weight excluding hydrogens is 411 g/mol. The number of ketones is 1. The van der Waals surface area contributed by atoms with Crippen LogP contribution in [0.25, 0.3) is 0 Å². The highest BCUT2D eigenvalue weighted by Gasteiger charge is 2.31. The number of ether oxygens (including phenoxy) is 1. The van der Waals surface area contributed by atoms with Crippen LogP contribution < -0.4 is 15.0 Å². The van der Waals surface area contributed by atoms with E-state index < -0.39 is 12.4 Å². The van der Waals surface area contributed by atoms with Gasteiger partial charge in [-0.1, -0.05) is 0 Å². The Hall–Kier alpha value is -3.07. The smallest absolute Gasteiger partial charge is 0.406 e. The topological polar surface area (TPSA) is 61.9 Å². The zero-order valence-corrected chi connectivity index (χ0v) is 17.3. The molecule has 1 unspecified atom stereocenters. The summed E-state index contributed by atoms with van der Waals surface area (Å²) in [5.41, 5.74) is 2.10. The Balaban J connectivity index is 1.51. The van der Waals surface area contributed by atoms with E-state index in [0.29, 0.717) is 24.3 Å². The van der Waals surface area contributed by atoms with Crippen molar-refractivity contribution < 1.29 is 27.5 Å². The highest BCUT2D eigenvalue weighted by Crippen LogP contribution is 2.24. The third-order valence-electron chi connectivity index (χ3n) is 5.24. The van der Waals surface area contributed by atoms with Crippen LogP contribution in [0.4, 0.5) is 24.5 Å². The van der Waals surface area contributed by atoms with E-state index >= 15 is 0 Å². The molecule has 1 saturated heterocycles. The molecule has 6 nitrogen and oxygen atoms in total. The van der Waals surface area contributed by atoms with E-state index in [2.05, 4.69) is 19.9 Å². The molecule has 1 amide bonds. The second-order valence-corrected chi connectivity index (χ2v) is 7.36. The van der Waals surface area contributed by atoms with Gasteiger partial charge in [-0.25, -0.2) is 0 Å². The number of carbonyl (C=O) groups excluding carboxylic acids is 2. The monoisotopic (exact) mass is 435 g/mol. The summed E-state index contributed by atoms with van der Waals surface area (Å²) in [6, 6.07) is 12.1. The van der Waals surface area contributed by atoms with Crippen LogP contribution in [0, 0.1) is 0 Å². The molecule has 0 radical (unpaired) electrons. The van der Waals surface area contributed by atoms with Gasteiger partial charge in [0.1, 0.15) is 5.75 Å². The highest BCUT2D eigenvalue weighted by molar-refractivity contribution is 5.95. The Labute approximate surface area is 178 Å². The van der Waals surface area contributed by atoms with Gasteiger partial charge in [-0.15, -0.1) is 13.2 Å². The molecule has 1 aliphatic heterocycles. The second kappa shape index (κ2) is 9.38. The van der Waals surface area contributed by atoms with Crippen LogP contribution in [0.15, 0.2) is 48.5 Å². The van der Waals surface area contributed by atoms with Crippen molar-refractivity contribution in [1.29, 1.82) is 0 Å². The molecule has 1 N–H and O–H groups in total. The third kappa shape index (κ3) is 6.21. The highest BCUT2D eigenvalue weighted by atomic mass is 19.4. The van der Waals surface area contributed by atoms with Crippen LogP contribution in [-0.4, -0.2) is 55.2 Å². The molecule has 31 heavy (non-hydrogen) atoms. The van der Waals surface area contributed by atoms with E-state index in [9.17, 15) is 22.8 Å². The van der Waals surface area contributed by atoms with Gasteiger partial charge in [0.2, 0.25) is 5.91 Å². The standard InChI is InChI=1S/C22H24F3N3O3/c1-15(21(30)26-18-5-9-20(10-6-18)31-22(23,24)25)27-11-13-28(14-12-27)19-7-3-17(4-8-19)16(2)29/h3-10,15H,11-14H2,1-2H3,(H,26,30). The lowest BCUT2D eigenvalue weighted by Crippen LogP contribution is -2.52. The molecule has 3 rings (SSSR count). The van der Waals surface area contributed by atoms with Gasteiger partial charge in [-0.2, -0.15) is 0 Å². The number of benzene rings is 2. The maximum Gasteiger partial charge on any atom is 0.573 e. The largest absolute Gasteiger partial charge is 0.573 e. The summed E-state index contributed by atoms with van der Waals surface area (Å²) in [5.74, 6) is -0.548. The van der Waals surface area contributed by atoms with Crippen molar-refractivity contribution in [2.45, 2.75) is 26.3 Å². The number of Topliss-reactive ketones (excluding diaryl/α,β-unsaturated/α-hetero) is 1. The molecular formula is C22H24F3N3O3. The molecule has 1 fully saturated rings. The summed E-state index contributed by atoms with van der Waals surface area (Å²) in [5, 5.41) is 2.73. The molecule has 2 aromatic rings. The molecule has 2 aromatic carbocycles. The fourth-order valence-electron chi connectivity index (χ4n) is 3.43. The van der Waals surface area contributed by atoms with E-state index in [-0.39, 0.29) is 17.4 Å². The lowest BCUT2D eigenvalue weighted by atomic mass is 10.1. The first kappa shape index (κ1) is 22.6. The number of piperazine rings is 1. The molecule has 1 aliphatic rings. The lowest BCUT2D eigenvalue weighted by Gasteiger charge is -2.38. The van der Waals surface area contributed by atoms with Crippen LogP contribution in [0.1, 0.15) is 24.2 Å². The minimum absolute atomic E-state index is 0.0266. The molecule has 166 valence electrons. The van der Waals surface area contributed by atoms with Gasteiger partial charge < -0.3 is 15.0 Å². The molecule has 1 heterocycles. The van der Waals surface area contributed by atoms with E-state index in [1.165, 1.54) is 19.1 Å². The molecule has 9 heteroatoms. The van der Waals surface area contributed by atoms with E-state index in [0.717, 1.165) is 30.9 Å². The Kier molecular flexibility index (Phi) is 6.84. The quantitative estimate of drug-likeness (QED) is 0.697. The summed E-state index contributed by atoms with van der Waals surface area (Å²) in [4.78, 5) is 28.2. The van der Waals surface area contributed by atoms with Gasteiger partial charge in [0, 0.05) is 43.1 Å². The number of nitrogens with zero attached hydrogens (tertiary/aromatic N) is 2. The predicted octanol–water partition coefficient (Wildman–Crippen LogP) is 3.94. The van der Waals surface area contributed by atoms with Crippen molar-refractivity contribution in [3.63, 3.8) is 0 Å². The number of hydrogen-bond acceptors (Lipinski definition) is 5. The summed E-state index contributed by atoms with van der Waals surface area (Å²) in [7, 11) is 0. The van der Waals surface area contributed by atoms with E-state index in [4.69, 9.17) is 0 Å². The zero-order valence-electron chi connectivity index (χ0n) is 17.3. The number of alkyl halides is 3. The van der Waals surface area contributed by atoms with Crippen molar-refractivity contribution in [3.8, 4) is 5.75 Å². The van der Waals surface area contributed by atoms with Gasteiger partial charge >= 0.3 is 6.36 Å². The first-order chi connectivity index (χ1) is 14.6. The molecule has 0 aliphatic carbocycles. The second-order valence-electron chi connectivity index (χ2n) is 7.36. The van der Waals surface area contributed by atoms with E-state index in [1.807, 2.05) is 24.3 Å². The minimum atomic E-state index is -4.75. The Morgan fingerprint density at radius 1 is 0.968 bits per heavy atom. The van der Waals surface area contributed by atoms with Gasteiger partial charge in [0.25, 0.3) is 0 Å². The van der Waals surface area contributed by atoms with Crippen molar-refractivity contribution in [3.05, 3.63) is 54.1 Å². The summed E-state index contributed by atoms with van der Waals surface area (Å²) in [6.45, 7) is 6.17. The lowest BCUT2D eigenvalue weighted by molar-refractivity contribution is -0.274. The first-order valence-corrected chi connectivity index (χ1v) is 9.89. The van der Waals surface area contributed by atoms with Gasteiger partial charge in [-0.05, 0) is 62.4 Å². The maximum absolute atomic E-state index is 12.6. The van der Waals surface area contributed by atoms with Crippen LogP contribution in [0.5, 0.6) is 5.75 Å². The Morgan fingerprint density at radius 2 is 1.55 bits per heavy atom. The average molecular weight is 435 g/mol. The summed E-state index contributed by atoms with van der Waals surface area (Å²) in [6.07, 6.45) is -4.75. The van der Waals surface area contributed by atoms with Crippen LogP contribution in [0.3, 0.4) is 0 Å². The summed E-state index contributed by atoms with van der Waals surface area (Å²) < 4.78 is 40.5. The van der Waals surface area contributed by atoms with Crippen molar-refractivity contribution in [1.82, 2.24) is 4.90 Å². The fraction of sp³-hybridized carbons (Fsp3) is 0.364. The summed E-state index contributed by atoms with van der Waals surface area (Å²) >= 11 is 0. The Morgan fingerprint density at radius 3 is 2.06 bits per heavy atom. The zero-order chi connectivity index (χ0) is 22.6. The molecule has 0 spiro atoms. The molecule has 1 atom stereocenters. The van der Waals surface area contributed by atoms with Crippen molar-refractivity contribution >= 4 is 23.1 Å². The number of nitrogens with one attached hydrogen (secondary N) is 1. The fourth-order valence-corrected chi connectivity index (χ4v) is 3.43. The molecule has 0 saturated carbocycles. The van der Waals surface area contributed by atoms with Gasteiger partial charge in [-0.3, -0.25) is 14.5 Å². The number of anilines is 2. The molecule has 0 bridgehead atoms. The van der Waals surface area contributed by atoms with Crippen LogP contribution in [-0.2, 0) is 4.79 Å². The van der Waals surface area contributed by atoms with Gasteiger partial charge in [0.05, 0.1) is 6.04 Å². The van der Waals surface area contributed by atoms with Crippen molar-refractivity contribution in [2.75, 3.05) is 36.4 Å². The van der Waals surface area contributed by atoms with Crippen LogP contribution >= 0.6 is 0 Å². The molecule has 0 aromatic heterocycles. The third-order valence-corrected chi connectivity index (χ3v) is 5.24. The number of carbonyl (C=O) groups is 2. The van der Waals surface area contributed by atoms with Crippen molar-refractivity contribution in [2.24, 2.45) is 0 Å². The first-order valence-electron chi connectivity index (χ1n) is 9.89. The number of hydrogen-bond donors (Lipinski definition) is 1. The SMILES string of the molecule is CC(=O)c1ccc(N2CCN(C(C)C(=O)Nc3ccc(OC(F)(F)F)cc3)CC2)cc1. The average Bonchev–Trinajstić information content (AvgIpc) is 2.74. The normalized spacial score (nSPS) is 16.0. The Bertz CT molecular complexity index is 906. The number of rotatable bonds is 6. The van der Waals surface area contributed by atoms with Gasteiger partial charge in [0.15, 0.2) is 5.78 Å². The predicted molar refractivity (Wildman–Crippen MR) is 111 cm³/mol. The maximum atomic E-state index is 12.6. The minimum Gasteiger partial charge on any atom is -0.406 e. The van der Waals surface area contributed by atoms with Crippen LogP contribution in [0.2, 0.25) is 0 Å². The number of halogens is 3. The number of amides is 1.